The van der Waals surface area contributed by atoms with Gasteiger partial charge in [-0.15, -0.1) is 0 Å². The minimum absolute atomic E-state index is 0.0232. The Balaban J connectivity index is 1.12. The van der Waals surface area contributed by atoms with Gasteiger partial charge in [-0.05, 0) is 99.7 Å². The van der Waals surface area contributed by atoms with Crippen LogP contribution in [0.2, 0.25) is 0 Å². The Kier molecular flexibility index (Phi) is 4.44. The van der Waals surface area contributed by atoms with Crippen molar-refractivity contribution in [3.05, 3.63) is 24.3 Å². The quantitative estimate of drug-likeness (QED) is 0.502. The lowest BCUT2D eigenvalue weighted by Crippen LogP contribution is -2.33. The fourth-order valence-electron chi connectivity index (χ4n) is 7.44. The van der Waals surface area contributed by atoms with Crippen molar-refractivity contribution in [1.29, 1.82) is 0 Å². The minimum Gasteiger partial charge on any atom is -0.459 e. The summed E-state index contributed by atoms with van der Waals surface area (Å²) in [5, 5.41) is 0. The predicted octanol–water partition coefficient (Wildman–Crippen LogP) is 4.44. The van der Waals surface area contributed by atoms with Crippen LogP contribution in [0.15, 0.2) is 24.3 Å². The summed E-state index contributed by atoms with van der Waals surface area (Å²) in [6.07, 6.45) is 9.08. The number of ether oxygens (including phenoxy) is 2. The molecule has 0 heterocycles. The highest BCUT2D eigenvalue weighted by Gasteiger charge is 2.55. The van der Waals surface area contributed by atoms with E-state index in [-0.39, 0.29) is 24.1 Å². The molecule has 0 aromatic heterocycles. The highest BCUT2D eigenvalue weighted by Crippen LogP contribution is 2.59. The summed E-state index contributed by atoms with van der Waals surface area (Å²) in [4.78, 5) is 24.5. The summed E-state index contributed by atoms with van der Waals surface area (Å²) in [5.41, 5.74) is 1.11. The van der Waals surface area contributed by atoms with Gasteiger partial charge in [-0.3, -0.25) is 0 Å². The molecule has 6 aliphatic carbocycles. The third kappa shape index (κ3) is 3.04. The molecule has 6 fully saturated rings. The van der Waals surface area contributed by atoms with Gasteiger partial charge in [-0.1, -0.05) is 13.2 Å². The number of hydrogen-bond acceptors (Lipinski definition) is 4. The standard InChI is InChI=1S/C24H32O4/c1-12(2)23(25)27-21-11-16-9-18(21)8-15(16)4-13(3)24(26)28-22-19-6-14-5-17(10-19)20(22)7-14/h14-22H,1,3-11H2,2H3. The minimum atomic E-state index is -0.276. The van der Waals surface area contributed by atoms with Crippen molar-refractivity contribution in [3.8, 4) is 0 Å². The molecule has 0 aromatic carbocycles. The molecule has 0 spiro atoms. The second-order valence-corrected chi connectivity index (χ2v) is 10.4. The number of hydrogen-bond donors (Lipinski definition) is 0. The smallest absolute Gasteiger partial charge is 0.333 e. The van der Waals surface area contributed by atoms with Gasteiger partial charge in [0.25, 0.3) is 0 Å². The summed E-state index contributed by atoms with van der Waals surface area (Å²) < 4.78 is 11.6. The van der Waals surface area contributed by atoms with Crippen LogP contribution in [0, 0.1) is 41.4 Å². The number of fused-ring (bicyclic) bond motifs is 2. The van der Waals surface area contributed by atoms with Gasteiger partial charge in [0.1, 0.15) is 12.2 Å². The van der Waals surface area contributed by atoms with Gasteiger partial charge in [-0.25, -0.2) is 9.59 Å². The fourth-order valence-corrected chi connectivity index (χ4v) is 7.44. The first kappa shape index (κ1) is 18.4. The van der Waals surface area contributed by atoms with E-state index in [0.717, 1.165) is 37.5 Å². The van der Waals surface area contributed by atoms with Gasteiger partial charge in [-0.2, -0.15) is 0 Å². The highest BCUT2D eigenvalue weighted by molar-refractivity contribution is 5.88. The van der Waals surface area contributed by atoms with Gasteiger partial charge in [0.15, 0.2) is 0 Å². The number of carbonyl (C=O) groups is 2. The average Bonchev–Trinajstić information content (AvgIpc) is 3.35. The second kappa shape index (κ2) is 6.74. The van der Waals surface area contributed by atoms with E-state index in [9.17, 15) is 9.59 Å². The van der Waals surface area contributed by atoms with E-state index in [0.29, 0.717) is 40.7 Å². The van der Waals surface area contributed by atoms with Crippen molar-refractivity contribution in [2.24, 2.45) is 41.4 Å². The number of carbonyl (C=O) groups excluding carboxylic acids is 2. The predicted molar refractivity (Wildman–Crippen MR) is 105 cm³/mol. The molecule has 6 aliphatic rings. The molecule has 0 saturated heterocycles. The molecule has 6 saturated carbocycles. The summed E-state index contributed by atoms with van der Waals surface area (Å²) in [6, 6.07) is 0. The maximum atomic E-state index is 12.7. The van der Waals surface area contributed by atoms with Gasteiger partial charge in [0, 0.05) is 11.1 Å². The molecule has 6 rings (SSSR count). The Morgan fingerprint density at radius 3 is 2.25 bits per heavy atom. The maximum absolute atomic E-state index is 12.7. The molecule has 4 nitrogen and oxygen atoms in total. The Bertz CT molecular complexity index is 720. The van der Waals surface area contributed by atoms with Crippen molar-refractivity contribution in [1.82, 2.24) is 0 Å². The van der Waals surface area contributed by atoms with Crippen LogP contribution >= 0.6 is 0 Å². The van der Waals surface area contributed by atoms with Crippen LogP contribution in [0.1, 0.15) is 58.3 Å². The van der Waals surface area contributed by atoms with Gasteiger partial charge in [0.05, 0.1) is 0 Å². The van der Waals surface area contributed by atoms with Crippen LogP contribution in [-0.2, 0) is 19.1 Å². The van der Waals surface area contributed by atoms with Crippen molar-refractivity contribution < 1.29 is 19.1 Å². The lowest BCUT2D eigenvalue weighted by atomic mass is 9.80. The summed E-state index contributed by atoms with van der Waals surface area (Å²) in [7, 11) is 0. The Labute approximate surface area is 167 Å². The van der Waals surface area contributed by atoms with Crippen molar-refractivity contribution >= 4 is 11.9 Å². The normalized spacial score (nSPS) is 44.7. The van der Waals surface area contributed by atoms with Crippen molar-refractivity contribution in [2.45, 2.75) is 70.5 Å². The zero-order valence-electron chi connectivity index (χ0n) is 16.9. The first-order valence-electron chi connectivity index (χ1n) is 11.1. The monoisotopic (exact) mass is 384 g/mol. The molecular weight excluding hydrogens is 352 g/mol. The van der Waals surface area contributed by atoms with Crippen LogP contribution in [0.25, 0.3) is 0 Å². The lowest BCUT2D eigenvalue weighted by molar-refractivity contribution is -0.150. The van der Waals surface area contributed by atoms with E-state index in [1.54, 1.807) is 6.92 Å². The molecule has 0 aromatic rings. The first-order valence-corrected chi connectivity index (χ1v) is 11.1. The SMILES string of the molecule is C=C(C)C(=O)OC1CC2CC1CC2CC(=C)C(=O)OC1C2CC3CC(C2)C1C3. The Morgan fingerprint density at radius 1 is 0.821 bits per heavy atom. The Hall–Kier alpha value is -1.58. The lowest BCUT2D eigenvalue weighted by Gasteiger charge is -2.32. The molecule has 152 valence electrons. The molecule has 9 unspecified atom stereocenters. The van der Waals surface area contributed by atoms with Gasteiger partial charge >= 0.3 is 11.9 Å². The third-order valence-corrected chi connectivity index (χ3v) is 8.56. The topological polar surface area (TPSA) is 52.6 Å². The Morgan fingerprint density at radius 2 is 1.57 bits per heavy atom. The molecule has 0 amide bonds. The van der Waals surface area contributed by atoms with E-state index in [4.69, 9.17) is 9.47 Å². The molecule has 0 N–H and O–H groups in total. The fraction of sp³-hybridized carbons (Fsp3) is 0.750. The number of esters is 2. The van der Waals surface area contributed by atoms with E-state index in [1.165, 1.54) is 25.7 Å². The summed E-state index contributed by atoms with van der Waals surface area (Å²) in [6.45, 7) is 9.44. The van der Waals surface area contributed by atoms with E-state index in [1.807, 2.05) is 0 Å². The van der Waals surface area contributed by atoms with Crippen LogP contribution in [-0.4, -0.2) is 24.1 Å². The third-order valence-electron chi connectivity index (χ3n) is 8.56. The van der Waals surface area contributed by atoms with Crippen LogP contribution in [0.3, 0.4) is 0 Å². The van der Waals surface area contributed by atoms with Crippen LogP contribution in [0.4, 0.5) is 0 Å². The first-order chi connectivity index (χ1) is 13.4. The zero-order valence-corrected chi connectivity index (χ0v) is 16.9. The van der Waals surface area contributed by atoms with Crippen LogP contribution < -0.4 is 0 Å². The van der Waals surface area contributed by atoms with E-state index < -0.39 is 0 Å². The molecule has 0 aliphatic heterocycles. The van der Waals surface area contributed by atoms with E-state index in [2.05, 4.69) is 13.2 Å². The highest BCUT2D eigenvalue weighted by atomic mass is 16.5. The summed E-state index contributed by atoms with van der Waals surface area (Å²) in [5.74, 6) is 3.90. The number of rotatable bonds is 6. The average molecular weight is 385 g/mol. The van der Waals surface area contributed by atoms with Crippen LogP contribution in [0.5, 0.6) is 0 Å². The second-order valence-electron chi connectivity index (χ2n) is 10.4. The van der Waals surface area contributed by atoms with E-state index >= 15 is 0 Å². The molecule has 4 heteroatoms. The van der Waals surface area contributed by atoms with Crippen molar-refractivity contribution in [3.63, 3.8) is 0 Å². The van der Waals surface area contributed by atoms with Gasteiger partial charge < -0.3 is 9.47 Å². The van der Waals surface area contributed by atoms with Crippen molar-refractivity contribution in [2.75, 3.05) is 0 Å². The largest absolute Gasteiger partial charge is 0.459 e. The zero-order chi connectivity index (χ0) is 19.6. The molecule has 28 heavy (non-hydrogen) atoms. The molecule has 6 bridgehead atoms. The molecule has 0 radical (unpaired) electrons. The molecule has 9 atom stereocenters. The summed E-state index contributed by atoms with van der Waals surface area (Å²) >= 11 is 0. The molecular formula is C24H32O4. The van der Waals surface area contributed by atoms with Gasteiger partial charge in [0.2, 0.25) is 0 Å². The maximum Gasteiger partial charge on any atom is 0.333 e.